The number of benzene rings is 1. The second kappa shape index (κ2) is 8.17. The minimum Gasteiger partial charge on any atom is -0.356 e. The second-order valence-electron chi connectivity index (χ2n) is 6.66. The fourth-order valence-electron chi connectivity index (χ4n) is 3.59. The summed E-state index contributed by atoms with van der Waals surface area (Å²) in [5.41, 5.74) is 2.54. The molecule has 0 saturated carbocycles. The predicted octanol–water partition coefficient (Wildman–Crippen LogP) is 4.09. The summed E-state index contributed by atoms with van der Waals surface area (Å²) in [6.45, 7) is 4.58. The molecule has 1 aromatic carbocycles. The van der Waals surface area contributed by atoms with E-state index in [1.54, 1.807) is 0 Å². The zero-order valence-corrected chi connectivity index (χ0v) is 16.8. The van der Waals surface area contributed by atoms with E-state index in [9.17, 15) is 0 Å². The molecule has 0 fully saturated rings. The minimum atomic E-state index is 0.166. The summed E-state index contributed by atoms with van der Waals surface area (Å²) >= 11 is 14.5. The molecule has 26 heavy (non-hydrogen) atoms. The van der Waals surface area contributed by atoms with Crippen LogP contribution in [0, 0.1) is 0 Å². The number of aliphatic imine (C=N–C) groups is 1. The van der Waals surface area contributed by atoms with E-state index in [0.29, 0.717) is 5.02 Å². The summed E-state index contributed by atoms with van der Waals surface area (Å²) in [7, 11) is 0. The Hall–Kier alpha value is -1.27. The van der Waals surface area contributed by atoms with Gasteiger partial charge in [0.1, 0.15) is 0 Å². The van der Waals surface area contributed by atoms with Gasteiger partial charge < -0.3 is 10.6 Å². The van der Waals surface area contributed by atoms with Gasteiger partial charge in [0, 0.05) is 47.6 Å². The Morgan fingerprint density at radius 2 is 2.23 bits per heavy atom. The van der Waals surface area contributed by atoms with Crippen molar-refractivity contribution in [1.29, 1.82) is 0 Å². The third-order valence-electron chi connectivity index (χ3n) is 4.96. The monoisotopic (exact) mass is 408 g/mol. The SMILES string of the molecule is Clc1ccc(C(CNC2=NCCCN2)N2CCc3sccc3C2)c(Cl)c1. The number of hydrogen-bond donors (Lipinski definition) is 2. The Bertz CT molecular complexity index is 805. The molecule has 1 aromatic heterocycles. The average Bonchev–Trinajstić information content (AvgIpc) is 3.12. The standard InChI is InChI=1S/C19H22Cl2N4S/c20-14-2-3-15(16(21)10-14)17(11-24-19-22-6-1-7-23-19)25-8-4-18-13(12-25)5-9-26-18/h2-3,5,9-10,17H,1,4,6-8,11-12H2,(H2,22,23,24). The van der Waals surface area contributed by atoms with Gasteiger partial charge in [-0.25, -0.2) is 0 Å². The van der Waals surface area contributed by atoms with Crippen molar-refractivity contribution < 1.29 is 0 Å². The maximum Gasteiger partial charge on any atom is 0.191 e. The highest BCUT2D eigenvalue weighted by atomic mass is 35.5. The van der Waals surface area contributed by atoms with Crippen molar-refractivity contribution in [3.05, 3.63) is 55.7 Å². The molecule has 4 nitrogen and oxygen atoms in total. The molecule has 2 N–H and O–H groups in total. The van der Waals surface area contributed by atoms with E-state index in [-0.39, 0.29) is 6.04 Å². The van der Waals surface area contributed by atoms with Gasteiger partial charge in [0.15, 0.2) is 5.96 Å². The first-order valence-corrected chi connectivity index (χ1v) is 10.6. The first-order chi connectivity index (χ1) is 12.7. The number of guanidine groups is 1. The van der Waals surface area contributed by atoms with Gasteiger partial charge in [-0.05, 0) is 47.5 Å². The van der Waals surface area contributed by atoms with E-state index in [0.717, 1.165) is 62.1 Å². The first-order valence-electron chi connectivity index (χ1n) is 8.97. The average molecular weight is 409 g/mol. The van der Waals surface area contributed by atoms with Crippen LogP contribution in [0.4, 0.5) is 0 Å². The highest BCUT2D eigenvalue weighted by Gasteiger charge is 2.27. The van der Waals surface area contributed by atoms with Crippen LogP contribution in [-0.2, 0) is 13.0 Å². The lowest BCUT2D eigenvalue weighted by Crippen LogP contribution is -2.45. The zero-order chi connectivity index (χ0) is 17.9. The van der Waals surface area contributed by atoms with Gasteiger partial charge in [-0.2, -0.15) is 0 Å². The molecule has 0 aliphatic carbocycles. The molecule has 2 aromatic rings. The van der Waals surface area contributed by atoms with E-state index in [4.69, 9.17) is 23.2 Å². The van der Waals surface area contributed by atoms with Gasteiger partial charge >= 0.3 is 0 Å². The van der Waals surface area contributed by atoms with E-state index < -0.39 is 0 Å². The molecule has 2 aliphatic rings. The zero-order valence-electron chi connectivity index (χ0n) is 14.5. The Morgan fingerprint density at radius 1 is 1.31 bits per heavy atom. The topological polar surface area (TPSA) is 39.7 Å². The number of nitrogens with one attached hydrogen (secondary N) is 2. The fraction of sp³-hybridized carbons (Fsp3) is 0.421. The highest BCUT2D eigenvalue weighted by molar-refractivity contribution is 7.10. The Labute approximate surface area is 168 Å². The molecule has 1 unspecified atom stereocenters. The van der Waals surface area contributed by atoms with E-state index in [1.807, 2.05) is 23.5 Å². The lowest BCUT2D eigenvalue weighted by molar-refractivity contribution is 0.181. The third-order valence-corrected chi connectivity index (χ3v) is 6.54. The third kappa shape index (κ3) is 4.01. The van der Waals surface area contributed by atoms with Crippen LogP contribution in [0.3, 0.4) is 0 Å². The summed E-state index contributed by atoms with van der Waals surface area (Å²) in [6.07, 6.45) is 2.18. The van der Waals surface area contributed by atoms with E-state index >= 15 is 0 Å². The normalized spacial score (nSPS) is 18.6. The molecule has 0 amide bonds. The van der Waals surface area contributed by atoms with Crippen LogP contribution in [-0.4, -0.2) is 37.0 Å². The number of hydrogen-bond acceptors (Lipinski definition) is 5. The number of fused-ring (bicyclic) bond motifs is 1. The summed E-state index contributed by atoms with van der Waals surface area (Å²) in [4.78, 5) is 8.54. The molecule has 0 radical (unpaired) electrons. The van der Waals surface area contributed by atoms with Gasteiger partial charge in [0.2, 0.25) is 0 Å². The van der Waals surface area contributed by atoms with Gasteiger partial charge in [-0.3, -0.25) is 9.89 Å². The lowest BCUT2D eigenvalue weighted by atomic mass is 10.0. The summed E-state index contributed by atoms with van der Waals surface area (Å²) in [5.74, 6) is 0.888. The molecular formula is C19H22Cl2N4S. The number of thiophene rings is 1. The van der Waals surface area contributed by atoms with E-state index in [1.165, 1.54) is 10.4 Å². The smallest absolute Gasteiger partial charge is 0.191 e. The van der Waals surface area contributed by atoms with Crippen LogP contribution in [0.1, 0.15) is 28.5 Å². The lowest BCUT2D eigenvalue weighted by Gasteiger charge is -2.36. The van der Waals surface area contributed by atoms with Crippen LogP contribution in [0.25, 0.3) is 0 Å². The van der Waals surface area contributed by atoms with Crippen molar-refractivity contribution in [1.82, 2.24) is 15.5 Å². The van der Waals surface area contributed by atoms with Crippen LogP contribution in [0.2, 0.25) is 10.0 Å². The van der Waals surface area contributed by atoms with Crippen molar-refractivity contribution in [2.75, 3.05) is 26.2 Å². The fourth-order valence-corrected chi connectivity index (χ4v) is 5.01. The Kier molecular flexibility index (Phi) is 5.69. The molecule has 4 rings (SSSR count). The van der Waals surface area contributed by atoms with Crippen LogP contribution in [0.15, 0.2) is 34.6 Å². The summed E-state index contributed by atoms with van der Waals surface area (Å²) < 4.78 is 0. The summed E-state index contributed by atoms with van der Waals surface area (Å²) in [5, 5.41) is 10.4. The second-order valence-corrected chi connectivity index (χ2v) is 8.51. The molecule has 1 atom stereocenters. The van der Waals surface area contributed by atoms with Crippen molar-refractivity contribution in [3.8, 4) is 0 Å². The maximum absolute atomic E-state index is 6.56. The molecule has 3 heterocycles. The number of halogens is 2. The van der Waals surface area contributed by atoms with Gasteiger partial charge in [-0.15, -0.1) is 11.3 Å². The van der Waals surface area contributed by atoms with Crippen molar-refractivity contribution >= 4 is 40.5 Å². The van der Waals surface area contributed by atoms with Gasteiger partial charge in [0.05, 0.1) is 6.04 Å². The molecule has 2 aliphatic heterocycles. The molecule has 138 valence electrons. The van der Waals surface area contributed by atoms with Crippen molar-refractivity contribution in [2.24, 2.45) is 4.99 Å². The Morgan fingerprint density at radius 3 is 3.04 bits per heavy atom. The minimum absolute atomic E-state index is 0.166. The quantitative estimate of drug-likeness (QED) is 0.799. The Balaban J connectivity index is 1.57. The molecule has 0 bridgehead atoms. The molecule has 0 spiro atoms. The van der Waals surface area contributed by atoms with Gasteiger partial charge in [-0.1, -0.05) is 29.3 Å². The molecule has 7 heteroatoms. The molecular weight excluding hydrogens is 387 g/mol. The maximum atomic E-state index is 6.56. The first kappa shape index (κ1) is 18.1. The predicted molar refractivity (Wildman–Crippen MR) is 111 cm³/mol. The van der Waals surface area contributed by atoms with Gasteiger partial charge in [0.25, 0.3) is 0 Å². The van der Waals surface area contributed by atoms with Crippen LogP contribution >= 0.6 is 34.5 Å². The number of rotatable bonds is 4. The van der Waals surface area contributed by atoms with Crippen molar-refractivity contribution in [3.63, 3.8) is 0 Å². The van der Waals surface area contributed by atoms with E-state index in [2.05, 4.69) is 38.0 Å². The summed E-state index contributed by atoms with van der Waals surface area (Å²) in [6, 6.07) is 8.22. The molecule has 0 saturated heterocycles. The number of nitrogens with zero attached hydrogens (tertiary/aromatic N) is 2. The van der Waals surface area contributed by atoms with Crippen LogP contribution < -0.4 is 10.6 Å². The van der Waals surface area contributed by atoms with Crippen molar-refractivity contribution in [2.45, 2.75) is 25.4 Å². The highest BCUT2D eigenvalue weighted by Crippen LogP contribution is 2.34. The largest absolute Gasteiger partial charge is 0.356 e. The van der Waals surface area contributed by atoms with Crippen LogP contribution in [0.5, 0.6) is 0 Å².